The Kier molecular flexibility index (Phi) is 11.8. The van der Waals surface area contributed by atoms with E-state index in [1.165, 1.54) is 0 Å². The minimum Gasteiger partial charge on any atom is -0.481 e. The average molecular weight is 739 g/mol. The number of carboxylic acid groups (broad SMARTS) is 8. The Labute approximate surface area is 287 Å². The van der Waals surface area contributed by atoms with Crippen molar-refractivity contribution in [1.29, 1.82) is 0 Å². The highest BCUT2D eigenvalue weighted by Crippen LogP contribution is 2.40. The summed E-state index contributed by atoms with van der Waals surface area (Å²) in [5.41, 5.74) is -6.10. The Balaban J connectivity index is 2.08. The maximum absolute atomic E-state index is 13.3. The SMILES string of the molecule is O=C(O)C1=C(C(=O)OC(=O)C2=C(C(=O)OC(=O)C3=C(C(=O)O)CC(C(=O)O)C(C(=O)O)C3)CC(C(=O)O)C(C(=O)O)C2)CC(C(=O)O)C(C(=O)O)C1. The molecule has 0 saturated carbocycles. The lowest BCUT2D eigenvalue weighted by molar-refractivity contribution is -0.161. The molecule has 3 rings (SSSR count). The summed E-state index contributed by atoms with van der Waals surface area (Å²) >= 11 is 0. The van der Waals surface area contributed by atoms with Gasteiger partial charge in [-0.2, -0.15) is 0 Å². The van der Waals surface area contributed by atoms with Crippen LogP contribution in [-0.4, -0.2) is 112 Å². The van der Waals surface area contributed by atoms with Crippen LogP contribution < -0.4 is 0 Å². The quantitative estimate of drug-likeness (QED) is 0.0858. The van der Waals surface area contributed by atoms with Gasteiger partial charge in [0.25, 0.3) is 0 Å². The van der Waals surface area contributed by atoms with Gasteiger partial charge in [-0.15, -0.1) is 0 Å². The molecule has 0 saturated heterocycles. The molecule has 0 aromatic rings. The summed E-state index contributed by atoms with van der Waals surface area (Å²) in [4.78, 5) is 147. The van der Waals surface area contributed by atoms with Crippen LogP contribution in [0.2, 0.25) is 0 Å². The summed E-state index contributed by atoms with van der Waals surface area (Å²) in [6.45, 7) is 0. The number of rotatable bonds is 12. The van der Waals surface area contributed by atoms with Gasteiger partial charge < -0.3 is 50.3 Å². The lowest BCUT2D eigenvalue weighted by Crippen LogP contribution is -2.39. The van der Waals surface area contributed by atoms with Gasteiger partial charge in [-0.05, 0) is 38.5 Å². The standard InChI is InChI=1S/C30H26O22/c31-19(32)7-1-13(25(43)44)15(3-9(7)21(35)36)27(47)51-29(49)17-5-11(23(39)40)12(24(41)42)6-18(17)30(50)52-28(48)16-4-10(22(37)38)8(20(33)34)2-14(16)26(45)46/h7-12H,1-6H2,(H,31,32)(H,33,34)(H,35,36)(H,37,38)(H,39,40)(H,41,42)(H,43,44)(H,45,46). The normalized spacial score (nSPS) is 24.6. The van der Waals surface area contributed by atoms with E-state index in [0.717, 1.165) is 0 Å². The van der Waals surface area contributed by atoms with Crippen molar-refractivity contribution in [2.45, 2.75) is 38.5 Å². The molecule has 8 N–H and O–H groups in total. The monoisotopic (exact) mass is 738 g/mol. The van der Waals surface area contributed by atoms with Crippen molar-refractivity contribution < 1.29 is 108 Å². The molecule has 0 aromatic heterocycles. The van der Waals surface area contributed by atoms with Crippen LogP contribution in [0.1, 0.15) is 38.5 Å². The summed E-state index contributed by atoms with van der Waals surface area (Å²) in [6.07, 6.45) is -6.61. The third kappa shape index (κ3) is 8.17. The van der Waals surface area contributed by atoms with Crippen molar-refractivity contribution in [3.05, 3.63) is 33.4 Å². The Hall–Kier alpha value is -6.74. The van der Waals surface area contributed by atoms with Gasteiger partial charge >= 0.3 is 71.6 Å². The van der Waals surface area contributed by atoms with Crippen molar-refractivity contribution in [2.75, 3.05) is 0 Å². The number of hydrogen-bond donors (Lipinski definition) is 8. The van der Waals surface area contributed by atoms with Gasteiger partial charge in [0.05, 0.1) is 35.5 Å². The molecule has 22 heteroatoms. The first-order valence-electron chi connectivity index (χ1n) is 14.6. The average Bonchev–Trinajstić information content (AvgIpc) is 3.05. The Bertz CT molecular complexity index is 1690. The second kappa shape index (κ2) is 15.4. The molecule has 0 radical (unpaired) electrons. The topological polar surface area (TPSA) is 385 Å². The van der Waals surface area contributed by atoms with Crippen molar-refractivity contribution in [3.63, 3.8) is 0 Å². The molecule has 0 amide bonds. The first-order valence-corrected chi connectivity index (χ1v) is 14.6. The van der Waals surface area contributed by atoms with Gasteiger partial charge in [0.1, 0.15) is 0 Å². The molecule has 6 atom stereocenters. The minimum absolute atomic E-state index is 0.959. The van der Waals surface area contributed by atoms with Crippen LogP contribution in [0, 0.1) is 35.5 Å². The fourth-order valence-corrected chi connectivity index (χ4v) is 6.14. The third-order valence-corrected chi connectivity index (χ3v) is 8.87. The molecular formula is C30H26O22. The molecule has 0 aromatic carbocycles. The highest BCUT2D eigenvalue weighted by molar-refractivity contribution is 6.12. The molecular weight excluding hydrogens is 712 g/mol. The molecule has 3 aliphatic rings. The number of aliphatic carboxylic acids is 8. The van der Waals surface area contributed by atoms with E-state index < -0.39 is 179 Å². The Morgan fingerprint density at radius 1 is 0.308 bits per heavy atom. The molecule has 0 aliphatic heterocycles. The molecule has 3 aliphatic carbocycles. The number of carboxylic acids is 8. The van der Waals surface area contributed by atoms with Crippen LogP contribution in [0.5, 0.6) is 0 Å². The highest BCUT2D eigenvalue weighted by Gasteiger charge is 2.48. The van der Waals surface area contributed by atoms with Gasteiger partial charge in [-0.1, -0.05) is 0 Å². The van der Waals surface area contributed by atoms with E-state index in [1.54, 1.807) is 0 Å². The largest absolute Gasteiger partial charge is 0.481 e. The fourth-order valence-electron chi connectivity index (χ4n) is 6.14. The zero-order valence-electron chi connectivity index (χ0n) is 26.0. The van der Waals surface area contributed by atoms with Gasteiger partial charge in [0.15, 0.2) is 0 Å². The number of ether oxygens (including phenoxy) is 2. The molecule has 0 spiro atoms. The van der Waals surface area contributed by atoms with Gasteiger partial charge in [-0.25, -0.2) is 28.8 Å². The maximum Gasteiger partial charge on any atom is 0.342 e. The van der Waals surface area contributed by atoms with E-state index in [0.29, 0.717) is 0 Å². The molecule has 22 nitrogen and oxygen atoms in total. The molecule has 0 bridgehead atoms. The van der Waals surface area contributed by atoms with Crippen LogP contribution >= 0.6 is 0 Å². The second-order valence-electron chi connectivity index (χ2n) is 11.7. The summed E-state index contributed by atoms with van der Waals surface area (Å²) in [7, 11) is 0. The zero-order chi connectivity index (χ0) is 39.5. The van der Waals surface area contributed by atoms with E-state index in [-0.39, 0.29) is 0 Å². The molecule has 0 fully saturated rings. The van der Waals surface area contributed by atoms with Gasteiger partial charge in [-0.3, -0.25) is 28.8 Å². The van der Waals surface area contributed by atoms with Gasteiger partial charge in [0.2, 0.25) is 0 Å². The first kappa shape index (κ1) is 39.7. The molecule has 0 heterocycles. The number of carbonyl (C=O) groups is 12. The van der Waals surface area contributed by atoms with E-state index in [2.05, 4.69) is 9.47 Å². The lowest BCUT2D eigenvalue weighted by atomic mass is 9.75. The summed E-state index contributed by atoms with van der Waals surface area (Å²) in [5, 5.41) is 76.1. The lowest BCUT2D eigenvalue weighted by Gasteiger charge is -2.29. The number of carbonyl (C=O) groups excluding carboxylic acids is 4. The van der Waals surface area contributed by atoms with Gasteiger partial charge in [0, 0.05) is 33.4 Å². The molecule has 52 heavy (non-hydrogen) atoms. The number of hydrogen-bond acceptors (Lipinski definition) is 14. The van der Waals surface area contributed by atoms with Crippen LogP contribution in [0.4, 0.5) is 0 Å². The zero-order valence-corrected chi connectivity index (χ0v) is 26.0. The smallest absolute Gasteiger partial charge is 0.342 e. The first-order chi connectivity index (χ1) is 24.1. The van der Waals surface area contributed by atoms with Crippen molar-refractivity contribution >= 4 is 71.6 Å². The second-order valence-corrected chi connectivity index (χ2v) is 11.7. The minimum atomic E-state index is -2.01. The molecule has 6 unspecified atom stereocenters. The van der Waals surface area contributed by atoms with Crippen LogP contribution in [-0.2, 0) is 67.0 Å². The highest BCUT2D eigenvalue weighted by atomic mass is 16.6. The predicted molar refractivity (Wildman–Crippen MR) is 153 cm³/mol. The molecule has 278 valence electrons. The van der Waals surface area contributed by atoms with E-state index in [1.807, 2.05) is 0 Å². The van der Waals surface area contributed by atoms with Crippen molar-refractivity contribution in [1.82, 2.24) is 0 Å². The predicted octanol–water partition coefficient (Wildman–Crippen LogP) is -1.23. The summed E-state index contributed by atoms with van der Waals surface area (Å²) in [5.74, 6) is -33.6. The summed E-state index contributed by atoms with van der Waals surface area (Å²) in [6, 6.07) is 0. The van der Waals surface area contributed by atoms with E-state index in [9.17, 15) is 98.4 Å². The Morgan fingerprint density at radius 2 is 0.462 bits per heavy atom. The maximum atomic E-state index is 13.3. The third-order valence-electron chi connectivity index (χ3n) is 8.87. The van der Waals surface area contributed by atoms with Crippen molar-refractivity contribution in [2.24, 2.45) is 35.5 Å². The van der Waals surface area contributed by atoms with E-state index in [4.69, 9.17) is 0 Å². The van der Waals surface area contributed by atoms with E-state index >= 15 is 0 Å². The number of esters is 4. The fraction of sp³-hybridized carbons (Fsp3) is 0.400. The van der Waals surface area contributed by atoms with Crippen LogP contribution in [0.25, 0.3) is 0 Å². The summed E-state index contributed by atoms with van der Waals surface area (Å²) < 4.78 is 9.29. The van der Waals surface area contributed by atoms with Crippen molar-refractivity contribution in [3.8, 4) is 0 Å². The van der Waals surface area contributed by atoms with Crippen LogP contribution in [0.15, 0.2) is 33.4 Å². The Morgan fingerprint density at radius 3 is 0.615 bits per heavy atom. The van der Waals surface area contributed by atoms with Crippen LogP contribution in [0.3, 0.4) is 0 Å².